The smallest absolute Gasteiger partial charge is 0.260 e. The van der Waals surface area contributed by atoms with Crippen LogP contribution in [-0.4, -0.2) is 27.5 Å². The normalized spacial score (nSPS) is 11.8. The molecule has 4 rings (SSSR count). The summed E-state index contributed by atoms with van der Waals surface area (Å²) in [5.74, 6) is -0.425. The van der Waals surface area contributed by atoms with Gasteiger partial charge in [-0.3, -0.25) is 14.8 Å². The van der Waals surface area contributed by atoms with E-state index in [-0.39, 0.29) is 23.4 Å². The summed E-state index contributed by atoms with van der Waals surface area (Å²) in [5.41, 5.74) is 8.75. The van der Waals surface area contributed by atoms with Crippen molar-refractivity contribution in [1.82, 2.24) is 15.0 Å². The van der Waals surface area contributed by atoms with Crippen molar-refractivity contribution in [1.29, 1.82) is 0 Å². The van der Waals surface area contributed by atoms with Gasteiger partial charge < -0.3 is 11.1 Å². The molecule has 4 aromatic rings. The first-order valence-corrected chi connectivity index (χ1v) is 10.0. The Hall–Kier alpha value is -3.91. The van der Waals surface area contributed by atoms with Crippen molar-refractivity contribution in [3.8, 4) is 22.4 Å². The third-order valence-corrected chi connectivity index (χ3v) is 4.95. The Bertz CT molecular complexity index is 1240. The number of nitrogens with zero attached hydrogens (tertiary/aromatic N) is 2. The standard InChI is InChI=1S/C24H21F2N5O/c25-18-5-1-15(2-6-18)13-20(27)14-29-24-30-22(17-9-11-28-12-10-17)21(23(32)31-24)16-3-7-19(26)8-4-16/h1-12,20H,13-14,27H2,(H2,29,30,31,32). The van der Waals surface area contributed by atoms with Gasteiger partial charge in [0.15, 0.2) is 0 Å². The Morgan fingerprint density at radius 3 is 2.19 bits per heavy atom. The lowest BCUT2D eigenvalue weighted by Crippen LogP contribution is -2.32. The number of hydrogen-bond donors (Lipinski definition) is 3. The quantitative estimate of drug-likeness (QED) is 0.412. The van der Waals surface area contributed by atoms with Crippen LogP contribution in [-0.2, 0) is 6.42 Å². The fourth-order valence-electron chi connectivity index (χ4n) is 3.38. The lowest BCUT2D eigenvalue weighted by Gasteiger charge is -2.15. The summed E-state index contributed by atoms with van der Waals surface area (Å²) < 4.78 is 26.5. The first-order chi connectivity index (χ1) is 15.5. The highest BCUT2D eigenvalue weighted by Crippen LogP contribution is 2.28. The van der Waals surface area contributed by atoms with Gasteiger partial charge in [-0.1, -0.05) is 24.3 Å². The van der Waals surface area contributed by atoms with Gasteiger partial charge in [-0.25, -0.2) is 13.8 Å². The summed E-state index contributed by atoms with van der Waals surface area (Å²) in [7, 11) is 0. The zero-order valence-electron chi connectivity index (χ0n) is 17.1. The second-order valence-electron chi connectivity index (χ2n) is 7.35. The molecule has 0 aliphatic carbocycles. The Labute approximate surface area is 183 Å². The van der Waals surface area contributed by atoms with E-state index >= 15 is 0 Å². The predicted octanol–water partition coefficient (Wildman–Crippen LogP) is 3.76. The maximum absolute atomic E-state index is 13.4. The Kier molecular flexibility index (Phi) is 6.32. The minimum Gasteiger partial charge on any atom is -0.354 e. The molecule has 0 aliphatic heterocycles. The summed E-state index contributed by atoms with van der Waals surface area (Å²) in [4.78, 5) is 24.3. The molecular formula is C24H21F2N5O. The number of rotatable bonds is 7. The van der Waals surface area contributed by atoms with Gasteiger partial charge >= 0.3 is 0 Å². The monoisotopic (exact) mass is 433 g/mol. The van der Waals surface area contributed by atoms with Crippen molar-refractivity contribution in [3.63, 3.8) is 0 Å². The molecule has 0 radical (unpaired) electrons. The number of hydrogen-bond acceptors (Lipinski definition) is 5. The van der Waals surface area contributed by atoms with Crippen molar-refractivity contribution in [3.05, 3.63) is 101 Å². The van der Waals surface area contributed by atoms with Crippen LogP contribution >= 0.6 is 0 Å². The number of nitrogens with one attached hydrogen (secondary N) is 2. The topological polar surface area (TPSA) is 96.7 Å². The lowest BCUT2D eigenvalue weighted by atomic mass is 10.0. The van der Waals surface area contributed by atoms with E-state index in [1.165, 1.54) is 36.4 Å². The van der Waals surface area contributed by atoms with Crippen LogP contribution in [0, 0.1) is 11.6 Å². The molecule has 0 aliphatic rings. The predicted molar refractivity (Wildman–Crippen MR) is 120 cm³/mol. The third-order valence-electron chi connectivity index (χ3n) is 4.95. The average molecular weight is 433 g/mol. The highest BCUT2D eigenvalue weighted by molar-refractivity contribution is 5.80. The van der Waals surface area contributed by atoms with Crippen LogP contribution in [0.15, 0.2) is 77.9 Å². The number of anilines is 1. The molecule has 1 atom stereocenters. The molecule has 0 saturated carbocycles. The number of aromatic amines is 1. The van der Waals surface area contributed by atoms with Crippen LogP contribution < -0.4 is 16.6 Å². The zero-order valence-corrected chi connectivity index (χ0v) is 17.1. The second kappa shape index (κ2) is 9.49. The molecular weight excluding hydrogens is 412 g/mol. The summed E-state index contributed by atoms with van der Waals surface area (Å²) >= 11 is 0. The van der Waals surface area contributed by atoms with Gasteiger partial charge in [0.2, 0.25) is 5.95 Å². The van der Waals surface area contributed by atoms with Crippen LogP contribution in [0.4, 0.5) is 14.7 Å². The molecule has 0 amide bonds. The van der Waals surface area contributed by atoms with E-state index in [4.69, 9.17) is 5.73 Å². The van der Waals surface area contributed by atoms with Gasteiger partial charge in [0.05, 0.1) is 11.3 Å². The Morgan fingerprint density at radius 2 is 1.53 bits per heavy atom. The van der Waals surface area contributed by atoms with Gasteiger partial charge in [0.1, 0.15) is 11.6 Å². The fourth-order valence-corrected chi connectivity index (χ4v) is 3.38. The van der Waals surface area contributed by atoms with E-state index in [1.807, 2.05) is 0 Å². The van der Waals surface area contributed by atoms with Crippen LogP contribution in [0.3, 0.4) is 0 Å². The zero-order chi connectivity index (χ0) is 22.5. The number of pyridine rings is 1. The summed E-state index contributed by atoms with van der Waals surface area (Å²) in [6.07, 6.45) is 3.75. The van der Waals surface area contributed by atoms with Crippen molar-refractivity contribution >= 4 is 5.95 Å². The van der Waals surface area contributed by atoms with Crippen molar-refractivity contribution in [2.24, 2.45) is 5.73 Å². The first-order valence-electron chi connectivity index (χ1n) is 10.0. The Morgan fingerprint density at radius 1 is 0.906 bits per heavy atom. The lowest BCUT2D eigenvalue weighted by molar-refractivity contribution is 0.625. The highest BCUT2D eigenvalue weighted by Gasteiger charge is 2.16. The number of benzene rings is 2. The molecule has 0 bridgehead atoms. The van der Waals surface area contributed by atoms with Gasteiger partial charge in [0.25, 0.3) is 5.56 Å². The van der Waals surface area contributed by atoms with Gasteiger partial charge in [-0.2, -0.15) is 0 Å². The Balaban J connectivity index is 1.61. The summed E-state index contributed by atoms with van der Waals surface area (Å²) in [6.45, 7) is 0.339. The van der Waals surface area contributed by atoms with Crippen molar-refractivity contribution in [2.75, 3.05) is 11.9 Å². The van der Waals surface area contributed by atoms with E-state index < -0.39 is 5.82 Å². The van der Waals surface area contributed by atoms with E-state index in [0.717, 1.165) is 5.56 Å². The molecule has 32 heavy (non-hydrogen) atoms. The maximum atomic E-state index is 13.4. The van der Waals surface area contributed by atoms with Crippen LogP contribution in [0.25, 0.3) is 22.4 Å². The second-order valence-corrected chi connectivity index (χ2v) is 7.35. The largest absolute Gasteiger partial charge is 0.354 e. The van der Waals surface area contributed by atoms with Crippen LogP contribution in [0.2, 0.25) is 0 Å². The number of aromatic nitrogens is 3. The third kappa shape index (κ3) is 5.04. The van der Waals surface area contributed by atoms with Crippen molar-refractivity contribution in [2.45, 2.75) is 12.5 Å². The number of H-pyrrole nitrogens is 1. The molecule has 162 valence electrons. The molecule has 0 saturated heterocycles. The van der Waals surface area contributed by atoms with Crippen LogP contribution in [0.1, 0.15) is 5.56 Å². The number of halogens is 2. The fraction of sp³-hybridized carbons (Fsp3) is 0.125. The molecule has 4 N–H and O–H groups in total. The minimum absolute atomic E-state index is 0.266. The van der Waals surface area contributed by atoms with E-state index in [1.54, 1.807) is 36.7 Å². The molecule has 2 aromatic carbocycles. The highest BCUT2D eigenvalue weighted by atomic mass is 19.1. The molecule has 2 aromatic heterocycles. The molecule has 6 nitrogen and oxygen atoms in total. The first kappa shape index (κ1) is 21.3. The minimum atomic E-state index is -0.392. The molecule has 1 unspecified atom stereocenters. The summed E-state index contributed by atoms with van der Waals surface area (Å²) in [5, 5.41) is 3.07. The SMILES string of the molecule is NC(CNc1nc(-c2ccncc2)c(-c2ccc(F)cc2)c(=O)[nH]1)Cc1ccc(F)cc1. The molecule has 0 spiro atoms. The van der Waals surface area contributed by atoms with E-state index in [9.17, 15) is 13.6 Å². The van der Waals surface area contributed by atoms with Gasteiger partial charge in [0, 0.05) is 30.5 Å². The summed E-state index contributed by atoms with van der Waals surface area (Å²) in [6, 6.07) is 15.0. The molecule has 0 fully saturated rings. The van der Waals surface area contributed by atoms with Crippen molar-refractivity contribution < 1.29 is 8.78 Å². The van der Waals surface area contributed by atoms with Gasteiger partial charge in [-0.05, 0) is 53.9 Å². The maximum Gasteiger partial charge on any atom is 0.260 e. The average Bonchev–Trinajstić information content (AvgIpc) is 2.80. The van der Waals surface area contributed by atoms with E-state index in [2.05, 4.69) is 20.3 Å². The number of nitrogens with two attached hydrogens (primary N) is 1. The molecule has 8 heteroatoms. The van der Waals surface area contributed by atoms with Gasteiger partial charge in [-0.15, -0.1) is 0 Å². The molecule has 2 heterocycles. The van der Waals surface area contributed by atoms with Crippen LogP contribution in [0.5, 0.6) is 0 Å². The van der Waals surface area contributed by atoms with E-state index in [0.29, 0.717) is 35.3 Å².